The zero-order chi connectivity index (χ0) is 21.0. The van der Waals surface area contributed by atoms with Crippen molar-refractivity contribution >= 4 is 16.8 Å². The highest BCUT2D eigenvalue weighted by Gasteiger charge is 2.25. The van der Waals surface area contributed by atoms with Crippen molar-refractivity contribution in [2.75, 3.05) is 32.7 Å². The van der Waals surface area contributed by atoms with Crippen molar-refractivity contribution in [2.24, 2.45) is 0 Å². The zero-order valence-corrected chi connectivity index (χ0v) is 17.2. The van der Waals surface area contributed by atoms with Gasteiger partial charge in [0, 0.05) is 43.5 Å². The predicted octanol–water partition coefficient (Wildman–Crippen LogP) is 3.00. The Morgan fingerprint density at radius 1 is 1.00 bits per heavy atom. The van der Waals surface area contributed by atoms with Crippen LogP contribution in [0.15, 0.2) is 59.1 Å². The Morgan fingerprint density at radius 3 is 2.61 bits per heavy atom. The van der Waals surface area contributed by atoms with Crippen LogP contribution in [0.1, 0.15) is 22.8 Å². The van der Waals surface area contributed by atoms with Crippen LogP contribution in [0.5, 0.6) is 0 Å². The van der Waals surface area contributed by atoms with Gasteiger partial charge in [0.05, 0.1) is 5.52 Å². The molecule has 158 valence electrons. The lowest BCUT2D eigenvalue weighted by Crippen LogP contribution is -2.49. The lowest BCUT2D eigenvalue weighted by molar-refractivity contribution is 0.0631. The van der Waals surface area contributed by atoms with Crippen molar-refractivity contribution in [2.45, 2.75) is 12.8 Å². The zero-order valence-electron chi connectivity index (χ0n) is 17.2. The minimum Gasteiger partial charge on any atom is -0.339 e. The van der Waals surface area contributed by atoms with Gasteiger partial charge in [0.2, 0.25) is 11.7 Å². The third-order valence-electron chi connectivity index (χ3n) is 5.70. The smallest absolute Gasteiger partial charge is 0.275 e. The molecule has 31 heavy (non-hydrogen) atoms. The number of hydrogen-bond donors (Lipinski definition) is 1. The second kappa shape index (κ2) is 8.69. The molecule has 0 saturated carbocycles. The number of para-hydroxylation sites is 1. The van der Waals surface area contributed by atoms with E-state index in [1.54, 1.807) is 0 Å². The van der Waals surface area contributed by atoms with Crippen molar-refractivity contribution in [3.63, 3.8) is 0 Å². The molecule has 2 aromatic heterocycles. The van der Waals surface area contributed by atoms with E-state index in [1.807, 2.05) is 59.5 Å². The maximum Gasteiger partial charge on any atom is 0.275 e. The minimum atomic E-state index is -0.00333. The first kappa shape index (κ1) is 19.4. The average Bonchev–Trinajstić information content (AvgIpc) is 3.47. The Kier molecular flexibility index (Phi) is 5.45. The van der Waals surface area contributed by atoms with E-state index < -0.39 is 0 Å². The predicted molar refractivity (Wildman–Crippen MR) is 116 cm³/mol. The molecule has 1 amide bonds. The molecule has 0 atom stereocenters. The summed E-state index contributed by atoms with van der Waals surface area (Å²) in [7, 11) is 0. The van der Waals surface area contributed by atoms with Crippen LogP contribution in [-0.2, 0) is 6.42 Å². The maximum atomic E-state index is 12.9. The van der Waals surface area contributed by atoms with Gasteiger partial charge in [-0.05, 0) is 19.0 Å². The van der Waals surface area contributed by atoms with Gasteiger partial charge in [-0.3, -0.25) is 14.8 Å². The van der Waals surface area contributed by atoms with Gasteiger partial charge in [0.25, 0.3) is 5.91 Å². The Balaban J connectivity index is 1.10. The molecular formula is C23H24N6O2. The summed E-state index contributed by atoms with van der Waals surface area (Å²) in [6.07, 6.45) is 1.69. The summed E-state index contributed by atoms with van der Waals surface area (Å²) < 4.78 is 5.39. The van der Waals surface area contributed by atoms with E-state index >= 15 is 0 Å². The summed E-state index contributed by atoms with van der Waals surface area (Å²) in [5.74, 6) is 1.29. The van der Waals surface area contributed by atoms with E-state index in [1.165, 1.54) is 0 Å². The summed E-state index contributed by atoms with van der Waals surface area (Å²) >= 11 is 0. The number of carbonyl (C=O) groups excluding carboxylic acids is 1. The first-order valence-corrected chi connectivity index (χ1v) is 10.6. The molecule has 0 aliphatic carbocycles. The molecule has 1 saturated heterocycles. The van der Waals surface area contributed by atoms with Crippen LogP contribution in [0.25, 0.3) is 22.3 Å². The summed E-state index contributed by atoms with van der Waals surface area (Å²) in [5.41, 5.74) is 2.36. The van der Waals surface area contributed by atoms with Crippen LogP contribution in [-0.4, -0.2) is 68.8 Å². The fourth-order valence-electron chi connectivity index (χ4n) is 3.97. The van der Waals surface area contributed by atoms with Crippen molar-refractivity contribution in [3.8, 4) is 11.4 Å². The highest BCUT2D eigenvalue weighted by molar-refractivity contribution is 6.04. The van der Waals surface area contributed by atoms with Crippen molar-refractivity contribution < 1.29 is 9.32 Å². The van der Waals surface area contributed by atoms with Gasteiger partial charge in [-0.25, -0.2) is 0 Å². The Hall–Kier alpha value is -3.52. The standard InChI is InChI=1S/C23H24N6O2/c30-23(21-18-9-4-5-10-19(18)25-26-21)29-15-13-28(14-16-29)12-6-11-20-24-22(27-31-20)17-7-2-1-3-8-17/h1-5,7-10H,6,11-16H2,(H,25,26). The van der Waals surface area contributed by atoms with Crippen LogP contribution in [0.4, 0.5) is 0 Å². The fraction of sp³-hybridized carbons (Fsp3) is 0.304. The molecule has 1 aliphatic heterocycles. The number of aromatic amines is 1. The molecule has 8 heteroatoms. The van der Waals surface area contributed by atoms with E-state index in [9.17, 15) is 4.79 Å². The summed E-state index contributed by atoms with van der Waals surface area (Å²) in [6.45, 7) is 4.06. The lowest BCUT2D eigenvalue weighted by Gasteiger charge is -2.34. The lowest BCUT2D eigenvalue weighted by atomic mass is 10.2. The van der Waals surface area contributed by atoms with Gasteiger partial charge in [0.1, 0.15) is 0 Å². The molecule has 8 nitrogen and oxygen atoms in total. The molecule has 3 heterocycles. The third kappa shape index (κ3) is 4.20. The molecule has 1 aliphatic rings. The van der Waals surface area contributed by atoms with Gasteiger partial charge in [-0.15, -0.1) is 0 Å². The van der Waals surface area contributed by atoms with Crippen molar-refractivity contribution in [1.82, 2.24) is 30.1 Å². The first-order chi connectivity index (χ1) is 15.3. The molecule has 0 bridgehead atoms. The SMILES string of the molecule is O=C(c1n[nH]c2ccccc12)N1CCN(CCCc2nc(-c3ccccc3)no2)CC1. The molecule has 5 rings (SSSR count). The van der Waals surface area contributed by atoms with E-state index in [0.717, 1.165) is 48.9 Å². The molecule has 0 spiro atoms. The molecule has 0 radical (unpaired) electrons. The normalized spacial score (nSPS) is 14.9. The number of H-pyrrole nitrogens is 1. The number of carbonyl (C=O) groups is 1. The summed E-state index contributed by atoms with van der Waals surface area (Å²) in [4.78, 5) is 21.7. The fourth-order valence-corrected chi connectivity index (χ4v) is 3.97. The molecule has 4 aromatic rings. The quantitative estimate of drug-likeness (QED) is 0.520. The summed E-state index contributed by atoms with van der Waals surface area (Å²) in [5, 5.41) is 12.1. The van der Waals surface area contributed by atoms with E-state index in [2.05, 4.69) is 25.2 Å². The van der Waals surface area contributed by atoms with Gasteiger partial charge >= 0.3 is 0 Å². The van der Waals surface area contributed by atoms with E-state index in [-0.39, 0.29) is 5.91 Å². The monoisotopic (exact) mass is 416 g/mol. The van der Waals surface area contributed by atoms with Crippen LogP contribution in [0.3, 0.4) is 0 Å². The van der Waals surface area contributed by atoms with Crippen molar-refractivity contribution in [1.29, 1.82) is 0 Å². The number of hydrogen-bond acceptors (Lipinski definition) is 6. The Morgan fingerprint density at radius 2 is 1.77 bits per heavy atom. The van der Waals surface area contributed by atoms with Gasteiger partial charge in [0.15, 0.2) is 5.69 Å². The average molecular weight is 416 g/mol. The molecule has 1 fully saturated rings. The van der Waals surface area contributed by atoms with E-state index in [4.69, 9.17) is 4.52 Å². The van der Waals surface area contributed by atoms with Crippen molar-refractivity contribution in [3.05, 3.63) is 66.2 Å². The number of nitrogens with zero attached hydrogens (tertiary/aromatic N) is 5. The molecule has 1 N–H and O–H groups in total. The van der Waals surface area contributed by atoms with Gasteiger partial charge in [-0.1, -0.05) is 53.7 Å². The van der Waals surface area contributed by atoms with Crippen LogP contribution < -0.4 is 0 Å². The Bertz CT molecular complexity index is 1160. The Labute approximate surface area is 179 Å². The number of amides is 1. The molecule has 0 unspecified atom stereocenters. The van der Waals surface area contributed by atoms with Gasteiger partial charge in [-0.2, -0.15) is 10.1 Å². The first-order valence-electron chi connectivity index (χ1n) is 10.6. The largest absolute Gasteiger partial charge is 0.339 e. The molecular weight excluding hydrogens is 392 g/mol. The topological polar surface area (TPSA) is 91.2 Å². The van der Waals surface area contributed by atoms with E-state index in [0.29, 0.717) is 30.5 Å². The number of fused-ring (bicyclic) bond motifs is 1. The third-order valence-corrected chi connectivity index (χ3v) is 5.70. The van der Waals surface area contributed by atoms with Crippen LogP contribution >= 0.6 is 0 Å². The highest BCUT2D eigenvalue weighted by Crippen LogP contribution is 2.18. The summed E-state index contributed by atoms with van der Waals surface area (Å²) in [6, 6.07) is 17.6. The highest BCUT2D eigenvalue weighted by atomic mass is 16.5. The second-order valence-corrected chi connectivity index (χ2v) is 7.73. The maximum absolute atomic E-state index is 12.9. The number of rotatable bonds is 6. The van der Waals surface area contributed by atoms with Gasteiger partial charge < -0.3 is 9.42 Å². The second-order valence-electron chi connectivity index (χ2n) is 7.73. The number of benzene rings is 2. The molecule has 2 aromatic carbocycles. The number of aromatic nitrogens is 4. The minimum absolute atomic E-state index is 0.00333. The van der Waals surface area contributed by atoms with Crippen LogP contribution in [0, 0.1) is 0 Å². The number of nitrogens with one attached hydrogen (secondary N) is 1. The van der Waals surface area contributed by atoms with Crippen LogP contribution in [0.2, 0.25) is 0 Å². The number of aryl methyl sites for hydroxylation is 1. The number of piperazine rings is 1.